The first-order valence-corrected chi connectivity index (χ1v) is 5.25. The van der Waals surface area contributed by atoms with Crippen LogP contribution >= 0.6 is 0 Å². The summed E-state index contributed by atoms with van der Waals surface area (Å²) < 4.78 is 0. The van der Waals surface area contributed by atoms with Crippen molar-refractivity contribution in [3.05, 3.63) is 29.3 Å². The van der Waals surface area contributed by atoms with Crippen LogP contribution in [0.3, 0.4) is 0 Å². The summed E-state index contributed by atoms with van der Waals surface area (Å²) in [5.74, 6) is -0.827. The van der Waals surface area contributed by atoms with Gasteiger partial charge in [0.15, 0.2) is 0 Å². The Morgan fingerprint density at radius 1 is 1.50 bits per heavy atom. The molecule has 0 aromatic heterocycles. The van der Waals surface area contributed by atoms with E-state index < -0.39 is 5.97 Å². The van der Waals surface area contributed by atoms with Gasteiger partial charge < -0.3 is 10.0 Å². The molecule has 1 aliphatic heterocycles. The van der Waals surface area contributed by atoms with Crippen LogP contribution < -0.4 is 4.90 Å². The summed E-state index contributed by atoms with van der Waals surface area (Å²) in [4.78, 5) is 23.2. The molecular formula is C12H13NO3. The molecular weight excluding hydrogens is 206 g/mol. The average molecular weight is 219 g/mol. The Balaban J connectivity index is 2.31. The molecule has 1 aromatic carbocycles. The van der Waals surface area contributed by atoms with Crippen molar-refractivity contribution in [2.75, 3.05) is 18.0 Å². The Hall–Kier alpha value is -1.84. The number of carbonyl (C=O) groups excluding carboxylic acids is 1. The highest BCUT2D eigenvalue weighted by molar-refractivity contribution is 5.79. The van der Waals surface area contributed by atoms with Crippen LogP contribution in [0.1, 0.15) is 22.3 Å². The Bertz CT molecular complexity index is 428. The van der Waals surface area contributed by atoms with Crippen LogP contribution in [0.25, 0.3) is 0 Å². The fraction of sp³-hybridized carbons (Fsp3) is 0.333. The first-order chi connectivity index (χ1) is 7.70. The highest BCUT2D eigenvalue weighted by atomic mass is 16.4. The van der Waals surface area contributed by atoms with E-state index in [4.69, 9.17) is 5.11 Å². The Labute approximate surface area is 93.5 Å². The topological polar surface area (TPSA) is 57.6 Å². The maximum atomic E-state index is 10.7. The number of aldehydes is 1. The van der Waals surface area contributed by atoms with Crippen LogP contribution in [-0.4, -0.2) is 30.5 Å². The number of hydrogen-bond donors (Lipinski definition) is 1. The van der Waals surface area contributed by atoms with Crippen LogP contribution in [0.4, 0.5) is 5.69 Å². The van der Waals surface area contributed by atoms with Crippen molar-refractivity contribution in [3.8, 4) is 0 Å². The predicted molar refractivity (Wildman–Crippen MR) is 60.0 cm³/mol. The number of anilines is 1. The molecule has 0 spiro atoms. The number of carboxylic acid groups (broad SMARTS) is 1. The zero-order chi connectivity index (χ0) is 11.5. The summed E-state index contributed by atoms with van der Waals surface area (Å²) in [6.07, 6.45) is 2.66. The van der Waals surface area contributed by atoms with Crippen LogP contribution in [0.5, 0.6) is 0 Å². The third-order valence-electron chi connectivity index (χ3n) is 2.78. The Kier molecular flexibility index (Phi) is 2.90. The second kappa shape index (κ2) is 4.35. The lowest BCUT2D eigenvalue weighted by Crippen LogP contribution is -2.34. The van der Waals surface area contributed by atoms with Gasteiger partial charge in [-0.25, -0.2) is 0 Å². The number of carboxylic acids is 1. The van der Waals surface area contributed by atoms with E-state index in [1.807, 2.05) is 17.0 Å². The van der Waals surface area contributed by atoms with Crippen LogP contribution in [0, 0.1) is 0 Å². The Morgan fingerprint density at radius 2 is 2.31 bits per heavy atom. The van der Waals surface area contributed by atoms with E-state index in [0.717, 1.165) is 36.9 Å². The summed E-state index contributed by atoms with van der Waals surface area (Å²) in [5, 5.41) is 8.79. The van der Waals surface area contributed by atoms with E-state index in [0.29, 0.717) is 5.56 Å². The summed E-state index contributed by atoms with van der Waals surface area (Å²) in [7, 11) is 0. The zero-order valence-corrected chi connectivity index (χ0v) is 8.85. The number of fused-ring (bicyclic) bond motifs is 1. The fourth-order valence-electron chi connectivity index (χ4n) is 2.10. The minimum atomic E-state index is -0.827. The second-order valence-electron chi connectivity index (χ2n) is 3.92. The van der Waals surface area contributed by atoms with Gasteiger partial charge in [0.1, 0.15) is 12.8 Å². The molecule has 1 heterocycles. The molecule has 0 unspecified atom stereocenters. The quantitative estimate of drug-likeness (QED) is 0.779. The molecule has 16 heavy (non-hydrogen) atoms. The van der Waals surface area contributed by atoms with Gasteiger partial charge in [0.2, 0.25) is 0 Å². The summed E-state index contributed by atoms with van der Waals surface area (Å²) >= 11 is 0. The smallest absolute Gasteiger partial charge is 0.323 e. The lowest BCUT2D eigenvalue weighted by atomic mass is 9.99. The van der Waals surface area contributed by atoms with Gasteiger partial charge in [-0.15, -0.1) is 0 Å². The van der Waals surface area contributed by atoms with Crippen molar-refractivity contribution in [3.63, 3.8) is 0 Å². The number of carbonyl (C=O) groups is 2. The maximum absolute atomic E-state index is 10.7. The maximum Gasteiger partial charge on any atom is 0.323 e. The molecule has 4 heteroatoms. The number of hydrogen-bond acceptors (Lipinski definition) is 3. The summed E-state index contributed by atoms with van der Waals surface area (Å²) in [6, 6.07) is 5.41. The number of benzene rings is 1. The number of nitrogens with zero attached hydrogens (tertiary/aromatic N) is 1. The largest absolute Gasteiger partial charge is 0.480 e. The molecule has 1 aromatic rings. The van der Waals surface area contributed by atoms with Gasteiger partial charge in [-0.1, -0.05) is 0 Å². The van der Waals surface area contributed by atoms with Gasteiger partial charge in [0.25, 0.3) is 0 Å². The standard InChI is InChI=1S/C12H13NO3/c14-8-9-3-4-11-10(6-9)2-1-5-13(11)7-12(15)16/h3-4,6,8H,1-2,5,7H2,(H,15,16). The Morgan fingerprint density at radius 3 is 3.00 bits per heavy atom. The molecule has 0 saturated heterocycles. The van der Waals surface area contributed by atoms with E-state index in [1.165, 1.54) is 0 Å². The molecule has 0 amide bonds. The van der Waals surface area contributed by atoms with Gasteiger partial charge in [-0.05, 0) is 36.6 Å². The van der Waals surface area contributed by atoms with Gasteiger partial charge in [-0.3, -0.25) is 9.59 Å². The van der Waals surface area contributed by atoms with Gasteiger partial charge in [0.05, 0.1) is 0 Å². The minimum Gasteiger partial charge on any atom is -0.480 e. The molecule has 0 atom stereocenters. The minimum absolute atomic E-state index is 0.0213. The van der Waals surface area contributed by atoms with Crippen LogP contribution in [-0.2, 0) is 11.2 Å². The fourth-order valence-corrected chi connectivity index (χ4v) is 2.10. The molecule has 0 saturated carbocycles. The molecule has 4 nitrogen and oxygen atoms in total. The van der Waals surface area contributed by atoms with Crippen LogP contribution in [0.2, 0.25) is 0 Å². The van der Waals surface area contributed by atoms with Gasteiger partial charge in [0, 0.05) is 17.8 Å². The molecule has 0 bridgehead atoms. The van der Waals surface area contributed by atoms with E-state index in [1.54, 1.807) is 6.07 Å². The molecule has 0 radical (unpaired) electrons. The van der Waals surface area contributed by atoms with E-state index in [9.17, 15) is 9.59 Å². The van der Waals surface area contributed by atoms with Crippen molar-refractivity contribution in [1.29, 1.82) is 0 Å². The predicted octanol–water partition coefficient (Wildman–Crippen LogP) is 1.34. The summed E-state index contributed by atoms with van der Waals surface area (Å²) in [6.45, 7) is 0.785. The molecule has 84 valence electrons. The first kappa shape index (κ1) is 10.7. The van der Waals surface area contributed by atoms with Crippen molar-refractivity contribution in [1.82, 2.24) is 0 Å². The highest BCUT2D eigenvalue weighted by Crippen LogP contribution is 2.27. The SMILES string of the molecule is O=Cc1ccc2c(c1)CCCN2CC(=O)O. The van der Waals surface area contributed by atoms with E-state index >= 15 is 0 Å². The van der Waals surface area contributed by atoms with Gasteiger partial charge >= 0.3 is 5.97 Å². The molecule has 0 fully saturated rings. The zero-order valence-electron chi connectivity index (χ0n) is 8.85. The summed E-state index contributed by atoms with van der Waals surface area (Å²) in [5.41, 5.74) is 2.66. The van der Waals surface area contributed by atoms with Gasteiger partial charge in [-0.2, -0.15) is 0 Å². The number of aryl methyl sites for hydroxylation is 1. The average Bonchev–Trinajstić information content (AvgIpc) is 2.28. The normalized spacial score (nSPS) is 14.4. The first-order valence-electron chi connectivity index (χ1n) is 5.25. The number of aliphatic carboxylic acids is 1. The van der Waals surface area contributed by atoms with Crippen molar-refractivity contribution in [2.45, 2.75) is 12.8 Å². The van der Waals surface area contributed by atoms with Crippen LogP contribution in [0.15, 0.2) is 18.2 Å². The van der Waals surface area contributed by atoms with E-state index in [2.05, 4.69) is 0 Å². The van der Waals surface area contributed by atoms with Crippen molar-refractivity contribution < 1.29 is 14.7 Å². The lowest BCUT2D eigenvalue weighted by Gasteiger charge is -2.29. The lowest BCUT2D eigenvalue weighted by molar-refractivity contribution is -0.135. The third-order valence-corrected chi connectivity index (χ3v) is 2.78. The monoisotopic (exact) mass is 219 g/mol. The number of rotatable bonds is 3. The van der Waals surface area contributed by atoms with Crippen molar-refractivity contribution >= 4 is 17.9 Å². The van der Waals surface area contributed by atoms with Crippen molar-refractivity contribution in [2.24, 2.45) is 0 Å². The molecule has 1 N–H and O–H groups in total. The molecule has 1 aliphatic rings. The molecule has 0 aliphatic carbocycles. The van der Waals surface area contributed by atoms with E-state index in [-0.39, 0.29) is 6.54 Å². The molecule has 2 rings (SSSR count). The second-order valence-corrected chi connectivity index (χ2v) is 3.92. The highest BCUT2D eigenvalue weighted by Gasteiger charge is 2.18. The third kappa shape index (κ3) is 2.05.